The number of hydrogen-bond acceptors (Lipinski definition) is 6. The highest BCUT2D eigenvalue weighted by molar-refractivity contribution is 9.10. The molecule has 1 heterocycles. The summed E-state index contributed by atoms with van der Waals surface area (Å²) in [6.07, 6.45) is 1.53. The van der Waals surface area contributed by atoms with Crippen molar-refractivity contribution in [2.24, 2.45) is 0 Å². The van der Waals surface area contributed by atoms with Gasteiger partial charge in [-0.05, 0) is 51.8 Å². The van der Waals surface area contributed by atoms with Crippen LogP contribution >= 0.6 is 15.9 Å². The molecule has 0 saturated heterocycles. The molecule has 0 bridgehead atoms. The molecule has 3 rings (SSSR count). The van der Waals surface area contributed by atoms with E-state index in [-0.39, 0.29) is 5.82 Å². The minimum Gasteiger partial charge on any atom is -0.362 e. The van der Waals surface area contributed by atoms with Gasteiger partial charge in [-0.3, -0.25) is 5.21 Å². The van der Waals surface area contributed by atoms with Crippen LogP contribution in [-0.4, -0.2) is 10.4 Å². The fourth-order valence-corrected chi connectivity index (χ4v) is 2.42. The van der Waals surface area contributed by atoms with Gasteiger partial charge in [-0.2, -0.15) is 10.3 Å². The molecule has 0 fully saturated rings. The molecule has 2 aromatic rings. The van der Waals surface area contributed by atoms with Crippen LogP contribution < -0.4 is 10.4 Å². The summed E-state index contributed by atoms with van der Waals surface area (Å²) in [5.74, 6) is -0.0678. The molecule has 8 heteroatoms. The predicted molar refractivity (Wildman–Crippen MR) is 87.4 cm³/mol. The van der Waals surface area contributed by atoms with Crippen LogP contribution in [0.5, 0.6) is 0 Å². The lowest BCUT2D eigenvalue weighted by atomic mass is 10.1. The van der Waals surface area contributed by atoms with Gasteiger partial charge in [-0.15, -0.1) is 4.94 Å². The van der Waals surface area contributed by atoms with E-state index in [1.54, 1.807) is 12.1 Å². The van der Waals surface area contributed by atoms with E-state index in [1.165, 1.54) is 29.5 Å². The van der Waals surface area contributed by atoms with Crippen molar-refractivity contribution < 1.29 is 14.5 Å². The van der Waals surface area contributed by atoms with Crippen molar-refractivity contribution in [1.82, 2.24) is 10.5 Å². The number of halogens is 2. The summed E-state index contributed by atoms with van der Waals surface area (Å²) in [6, 6.07) is 13.5. The number of nitrogens with zero attached hydrogens (tertiary/aromatic N) is 3. The normalized spacial score (nSPS) is 13.7. The molecular formula is C16H12BrFN4O2. The Labute approximate surface area is 146 Å². The lowest BCUT2D eigenvalue weighted by molar-refractivity contribution is -0.306. The van der Waals surface area contributed by atoms with E-state index in [4.69, 9.17) is 10.2 Å². The minimum atomic E-state index is -0.387. The van der Waals surface area contributed by atoms with Gasteiger partial charge in [0.25, 0.3) is 0 Å². The maximum atomic E-state index is 13.3. The van der Waals surface area contributed by atoms with Crippen molar-refractivity contribution in [3.63, 3.8) is 0 Å². The Morgan fingerprint density at radius 2 is 2.00 bits per heavy atom. The molecule has 0 amide bonds. The van der Waals surface area contributed by atoms with Crippen LogP contribution in [0.2, 0.25) is 0 Å². The van der Waals surface area contributed by atoms with Gasteiger partial charge in [0.2, 0.25) is 0 Å². The van der Waals surface area contributed by atoms with Crippen molar-refractivity contribution >= 4 is 21.6 Å². The minimum absolute atomic E-state index is 0.292. The Kier molecular flexibility index (Phi) is 4.66. The fourth-order valence-electron chi connectivity index (χ4n) is 2.06. The predicted octanol–water partition coefficient (Wildman–Crippen LogP) is 3.41. The second kappa shape index (κ2) is 6.88. The number of nitrogens with one attached hydrogen (secondary N) is 1. The van der Waals surface area contributed by atoms with Gasteiger partial charge in [0, 0.05) is 6.54 Å². The van der Waals surface area contributed by atoms with Crippen LogP contribution in [0.3, 0.4) is 0 Å². The van der Waals surface area contributed by atoms with Gasteiger partial charge >= 0.3 is 0 Å². The van der Waals surface area contributed by atoms with Crippen molar-refractivity contribution in [2.45, 2.75) is 6.54 Å². The molecule has 0 radical (unpaired) electrons. The zero-order valence-corrected chi connectivity index (χ0v) is 13.9. The average Bonchev–Trinajstić information content (AvgIpc) is 2.97. The van der Waals surface area contributed by atoms with E-state index in [1.807, 2.05) is 12.1 Å². The summed E-state index contributed by atoms with van der Waals surface area (Å²) >= 11 is 3.10. The first-order valence-corrected chi connectivity index (χ1v) is 7.72. The molecule has 6 nitrogen and oxygen atoms in total. The molecule has 0 aromatic heterocycles. The van der Waals surface area contributed by atoms with Crippen molar-refractivity contribution in [2.75, 3.05) is 5.06 Å². The molecule has 2 N–H and O–H groups in total. The molecule has 122 valence electrons. The Morgan fingerprint density at radius 3 is 2.67 bits per heavy atom. The van der Waals surface area contributed by atoms with Gasteiger partial charge in [0.1, 0.15) is 5.82 Å². The maximum absolute atomic E-state index is 13.3. The number of nitriles is 1. The van der Waals surface area contributed by atoms with Crippen LogP contribution in [0.25, 0.3) is 0 Å². The SMILES string of the molecule is N#Cc1ccc(CNC2=CN(c3ccc(F)c(Br)c3)ON2O)cc1. The van der Waals surface area contributed by atoms with E-state index in [0.29, 0.717) is 33.3 Å². The van der Waals surface area contributed by atoms with E-state index < -0.39 is 0 Å². The summed E-state index contributed by atoms with van der Waals surface area (Å²) in [7, 11) is 0. The zero-order valence-electron chi connectivity index (χ0n) is 12.3. The highest BCUT2D eigenvalue weighted by atomic mass is 79.9. The Balaban J connectivity index is 1.68. The molecule has 0 atom stereocenters. The lowest BCUT2D eigenvalue weighted by Crippen LogP contribution is -2.26. The number of hydroxylamine groups is 3. The standard InChI is InChI=1S/C16H12BrFN4O2/c17-14-7-13(5-6-15(14)18)21-10-16(22(23)24-21)20-9-12-3-1-11(8-19)2-4-12/h1-7,10,20,23H,9H2. The van der Waals surface area contributed by atoms with Crippen LogP contribution in [0.15, 0.2) is 59.0 Å². The summed E-state index contributed by atoms with van der Waals surface area (Å²) < 4.78 is 13.6. The largest absolute Gasteiger partial charge is 0.362 e. The highest BCUT2D eigenvalue weighted by Crippen LogP contribution is 2.27. The highest BCUT2D eigenvalue weighted by Gasteiger charge is 2.23. The smallest absolute Gasteiger partial charge is 0.179 e. The third kappa shape index (κ3) is 3.49. The second-order valence-electron chi connectivity index (χ2n) is 4.96. The van der Waals surface area contributed by atoms with Gasteiger partial charge < -0.3 is 5.32 Å². The zero-order chi connectivity index (χ0) is 17.1. The number of anilines is 1. The second-order valence-corrected chi connectivity index (χ2v) is 5.81. The Morgan fingerprint density at radius 1 is 1.25 bits per heavy atom. The van der Waals surface area contributed by atoms with Crippen molar-refractivity contribution in [1.29, 1.82) is 5.26 Å². The van der Waals surface area contributed by atoms with Crippen molar-refractivity contribution in [3.05, 3.63) is 75.9 Å². The molecule has 24 heavy (non-hydrogen) atoms. The molecule has 0 unspecified atom stereocenters. The Bertz CT molecular complexity index is 820. The Hall–Kier alpha value is -2.60. The topological polar surface area (TPSA) is 71.8 Å². The van der Waals surface area contributed by atoms with E-state index in [2.05, 4.69) is 27.3 Å². The van der Waals surface area contributed by atoms with Gasteiger partial charge in [0.15, 0.2) is 5.82 Å². The molecule has 1 aliphatic heterocycles. The third-order valence-electron chi connectivity index (χ3n) is 3.33. The molecule has 2 aromatic carbocycles. The molecule has 0 saturated carbocycles. The summed E-state index contributed by atoms with van der Waals surface area (Å²) in [5.41, 5.74) is 2.06. The lowest BCUT2D eigenvalue weighted by Gasteiger charge is -2.16. The summed E-state index contributed by atoms with van der Waals surface area (Å²) in [4.78, 5) is 5.16. The summed E-state index contributed by atoms with van der Waals surface area (Å²) in [5, 5.41) is 23.5. The first-order chi connectivity index (χ1) is 11.6. The fraction of sp³-hybridized carbons (Fsp3) is 0.0625. The number of hydrogen-bond donors (Lipinski definition) is 2. The number of rotatable bonds is 4. The molecule has 1 aliphatic rings. The van der Waals surface area contributed by atoms with Crippen LogP contribution in [0, 0.1) is 17.1 Å². The number of benzene rings is 2. The van der Waals surface area contributed by atoms with Gasteiger partial charge in [-0.1, -0.05) is 17.4 Å². The van der Waals surface area contributed by atoms with Crippen LogP contribution in [-0.2, 0) is 11.5 Å². The van der Waals surface area contributed by atoms with E-state index in [0.717, 1.165) is 5.56 Å². The third-order valence-corrected chi connectivity index (χ3v) is 3.93. The summed E-state index contributed by atoms with van der Waals surface area (Å²) in [6.45, 7) is 0.429. The maximum Gasteiger partial charge on any atom is 0.179 e. The van der Waals surface area contributed by atoms with Gasteiger partial charge in [0.05, 0.1) is 28.0 Å². The van der Waals surface area contributed by atoms with E-state index in [9.17, 15) is 9.60 Å². The molecular weight excluding hydrogens is 379 g/mol. The monoisotopic (exact) mass is 390 g/mol. The molecule has 0 aliphatic carbocycles. The van der Waals surface area contributed by atoms with Gasteiger partial charge in [-0.25, -0.2) is 4.39 Å². The van der Waals surface area contributed by atoms with E-state index >= 15 is 0 Å². The van der Waals surface area contributed by atoms with Crippen molar-refractivity contribution in [3.8, 4) is 6.07 Å². The quantitative estimate of drug-likeness (QED) is 0.833. The van der Waals surface area contributed by atoms with Crippen LogP contribution in [0.4, 0.5) is 10.1 Å². The average molecular weight is 391 g/mol. The molecule has 0 spiro atoms. The first-order valence-electron chi connectivity index (χ1n) is 6.93. The van der Waals surface area contributed by atoms with Crippen LogP contribution in [0.1, 0.15) is 11.1 Å². The first kappa shape index (κ1) is 16.3.